The fraction of sp³-hybridized carbons (Fsp3) is 0.364. The molecule has 0 radical (unpaired) electrons. The first-order chi connectivity index (χ1) is 13.1. The number of aromatic carboxylic acids is 1. The van der Waals surface area contributed by atoms with Gasteiger partial charge in [-0.2, -0.15) is 0 Å². The van der Waals surface area contributed by atoms with Gasteiger partial charge < -0.3 is 14.6 Å². The topological polar surface area (TPSA) is 72.8 Å². The van der Waals surface area contributed by atoms with Crippen molar-refractivity contribution in [3.63, 3.8) is 0 Å². The van der Waals surface area contributed by atoms with Crippen LogP contribution < -0.4 is 9.47 Å². The van der Waals surface area contributed by atoms with Crippen molar-refractivity contribution >= 4 is 11.8 Å². The number of rotatable bonds is 11. The van der Waals surface area contributed by atoms with Crippen LogP contribution in [0.25, 0.3) is 0 Å². The first-order valence-corrected chi connectivity index (χ1v) is 9.35. The second kappa shape index (κ2) is 10.4. The highest BCUT2D eigenvalue weighted by molar-refractivity contribution is 6.12. The molecule has 0 atom stereocenters. The molecule has 0 saturated carbocycles. The smallest absolute Gasteiger partial charge is 0.335 e. The molecule has 27 heavy (non-hydrogen) atoms. The summed E-state index contributed by atoms with van der Waals surface area (Å²) in [6, 6.07) is 11.2. The van der Waals surface area contributed by atoms with Crippen LogP contribution in [0.15, 0.2) is 42.5 Å². The van der Waals surface area contributed by atoms with Gasteiger partial charge in [0.05, 0.1) is 24.3 Å². The van der Waals surface area contributed by atoms with Crippen LogP contribution >= 0.6 is 0 Å². The van der Waals surface area contributed by atoms with Crippen LogP contribution in [-0.2, 0) is 0 Å². The number of ether oxygens (including phenoxy) is 2. The molecule has 0 amide bonds. The molecule has 0 bridgehead atoms. The number of hydrogen-bond donors (Lipinski definition) is 1. The van der Waals surface area contributed by atoms with Crippen molar-refractivity contribution in [2.45, 2.75) is 39.5 Å². The summed E-state index contributed by atoms with van der Waals surface area (Å²) < 4.78 is 11.7. The minimum absolute atomic E-state index is 0.0738. The molecular formula is C22H26O5. The number of carbonyl (C=O) groups is 2. The van der Waals surface area contributed by atoms with Crippen LogP contribution in [0.4, 0.5) is 0 Å². The van der Waals surface area contributed by atoms with E-state index in [2.05, 4.69) is 13.8 Å². The SMILES string of the molecule is CCCCOc1cccc(C(=O)c2cccc(C(=O)O)c2)c1OCCCC. The monoisotopic (exact) mass is 370 g/mol. The molecule has 0 aliphatic carbocycles. The van der Waals surface area contributed by atoms with E-state index in [1.165, 1.54) is 12.1 Å². The van der Waals surface area contributed by atoms with Crippen molar-refractivity contribution in [3.05, 3.63) is 59.2 Å². The lowest BCUT2D eigenvalue weighted by molar-refractivity contribution is 0.0697. The van der Waals surface area contributed by atoms with Crippen LogP contribution in [-0.4, -0.2) is 30.1 Å². The summed E-state index contributed by atoms with van der Waals surface area (Å²) in [7, 11) is 0. The Labute approximate surface area is 159 Å². The maximum atomic E-state index is 13.0. The molecule has 144 valence electrons. The van der Waals surface area contributed by atoms with Crippen LogP contribution in [0.5, 0.6) is 11.5 Å². The van der Waals surface area contributed by atoms with E-state index in [1.807, 2.05) is 0 Å². The summed E-state index contributed by atoms with van der Waals surface area (Å²) in [5, 5.41) is 9.17. The van der Waals surface area contributed by atoms with Gasteiger partial charge in [0, 0.05) is 5.56 Å². The summed E-state index contributed by atoms with van der Waals surface area (Å²) >= 11 is 0. The maximum absolute atomic E-state index is 13.0. The summed E-state index contributed by atoms with van der Waals surface area (Å²) in [5.74, 6) is -0.390. The first-order valence-electron chi connectivity index (χ1n) is 9.35. The Bertz CT molecular complexity index is 782. The van der Waals surface area contributed by atoms with Gasteiger partial charge in [-0.25, -0.2) is 4.79 Å². The van der Waals surface area contributed by atoms with Crippen molar-refractivity contribution in [1.29, 1.82) is 0 Å². The molecule has 0 fully saturated rings. The van der Waals surface area contributed by atoms with Gasteiger partial charge in [0.1, 0.15) is 0 Å². The molecule has 0 aliphatic heterocycles. The molecule has 0 spiro atoms. The van der Waals surface area contributed by atoms with Gasteiger partial charge in [0.25, 0.3) is 0 Å². The van der Waals surface area contributed by atoms with Gasteiger partial charge in [-0.05, 0) is 37.1 Å². The number of benzene rings is 2. The molecule has 0 aliphatic rings. The highest BCUT2D eigenvalue weighted by Gasteiger charge is 2.20. The normalized spacial score (nSPS) is 10.4. The Hall–Kier alpha value is -2.82. The number of para-hydroxylation sites is 1. The number of ketones is 1. The summed E-state index contributed by atoms with van der Waals surface area (Å²) in [4.78, 5) is 24.2. The molecule has 0 unspecified atom stereocenters. The Morgan fingerprint density at radius 1 is 0.889 bits per heavy atom. The minimum atomic E-state index is -1.07. The standard InChI is InChI=1S/C22H26O5/c1-3-5-13-26-19-12-8-11-18(21(19)27-14-6-4-2)20(23)16-9-7-10-17(15-16)22(24)25/h7-12,15H,3-6,13-14H2,1-2H3,(H,24,25). The second-order valence-electron chi connectivity index (χ2n) is 6.25. The minimum Gasteiger partial charge on any atom is -0.490 e. The van der Waals surface area contributed by atoms with E-state index in [4.69, 9.17) is 14.6 Å². The molecule has 2 rings (SSSR count). The molecule has 5 heteroatoms. The van der Waals surface area contributed by atoms with Crippen molar-refractivity contribution in [2.75, 3.05) is 13.2 Å². The van der Waals surface area contributed by atoms with E-state index in [9.17, 15) is 9.59 Å². The molecule has 0 heterocycles. The Kier molecular flexibility index (Phi) is 7.86. The van der Waals surface area contributed by atoms with Crippen LogP contribution in [0, 0.1) is 0 Å². The van der Waals surface area contributed by atoms with Crippen molar-refractivity contribution in [3.8, 4) is 11.5 Å². The van der Waals surface area contributed by atoms with E-state index < -0.39 is 5.97 Å². The van der Waals surface area contributed by atoms with Crippen LogP contribution in [0.1, 0.15) is 65.8 Å². The number of carbonyl (C=O) groups excluding carboxylic acids is 1. The zero-order chi connectivity index (χ0) is 19.6. The Morgan fingerprint density at radius 3 is 2.19 bits per heavy atom. The highest BCUT2D eigenvalue weighted by atomic mass is 16.5. The predicted octanol–water partition coefficient (Wildman–Crippen LogP) is 4.97. The molecule has 2 aromatic carbocycles. The average Bonchev–Trinajstić information content (AvgIpc) is 2.68. The van der Waals surface area contributed by atoms with E-state index in [1.54, 1.807) is 30.3 Å². The van der Waals surface area contributed by atoms with Crippen molar-refractivity contribution < 1.29 is 24.2 Å². The van der Waals surface area contributed by atoms with Crippen molar-refractivity contribution in [1.82, 2.24) is 0 Å². The third-order valence-electron chi connectivity index (χ3n) is 4.09. The summed E-state index contributed by atoms with van der Waals surface area (Å²) in [6.07, 6.45) is 3.76. The maximum Gasteiger partial charge on any atom is 0.335 e. The molecular weight excluding hydrogens is 344 g/mol. The second-order valence-corrected chi connectivity index (χ2v) is 6.25. The molecule has 2 aromatic rings. The number of carboxylic acids is 1. The number of carboxylic acid groups (broad SMARTS) is 1. The van der Waals surface area contributed by atoms with E-state index in [0.717, 1.165) is 25.7 Å². The zero-order valence-electron chi connectivity index (χ0n) is 15.9. The fourth-order valence-electron chi connectivity index (χ4n) is 2.55. The average molecular weight is 370 g/mol. The third kappa shape index (κ3) is 5.58. The molecule has 0 aromatic heterocycles. The van der Waals surface area contributed by atoms with Gasteiger partial charge in [-0.15, -0.1) is 0 Å². The van der Waals surface area contributed by atoms with Gasteiger partial charge in [0.15, 0.2) is 17.3 Å². The third-order valence-corrected chi connectivity index (χ3v) is 4.09. The largest absolute Gasteiger partial charge is 0.490 e. The lowest BCUT2D eigenvalue weighted by Gasteiger charge is -2.16. The number of unbranched alkanes of at least 4 members (excludes halogenated alkanes) is 2. The van der Waals surface area contributed by atoms with E-state index >= 15 is 0 Å². The quantitative estimate of drug-likeness (QED) is 0.446. The van der Waals surface area contributed by atoms with Gasteiger partial charge in [-0.1, -0.05) is 44.9 Å². The number of hydrogen-bond acceptors (Lipinski definition) is 4. The molecule has 1 N–H and O–H groups in total. The van der Waals surface area contributed by atoms with Gasteiger partial charge in [0.2, 0.25) is 0 Å². The molecule has 0 saturated heterocycles. The van der Waals surface area contributed by atoms with E-state index in [0.29, 0.717) is 35.8 Å². The summed E-state index contributed by atoms with van der Waals surface area (Å²) in [5.41, 5.74) is 0.758. The first kappa shape index (κ1) is 20.5. The van der Waals surface area contributed by atoms with Crippen LogP contribution in [0.3, 0.4) is 0 Å². The lowest BCUT2D eigenvalue weighted by Crippen LogP contribution is -2.10. The Balaban J connectivity index is 2.37. The fourth-order valence-corrected chi connectivity index (χ4v) is 2.55. The van der Waals surface area contributed by atoms with Gasteiger partial charge >= 0.3 is 5.97 Å². The predicted molar refractivity (Wildman–Crippen MR) is 104 cm³/mol. The molecule has 5 nitrogen and oxygen atoms in total. The van der Waals surface area contributed by atoms with E-state index in [-0.39, 0.29) is 11.3 Å². The highest BCUT2D eigenvalue weighted by Crippen LogP contribution is 2.33. The van der Waals surface area contributed by atoms with Crippen molar-refractivity contribution in [2.24, 2.45) is 0 Å². The summed E-state index contributed by atoms with van der Waals surface area (Å²) in [6.45, 7) is 5.18. The lowest BCUT2D eigenvalue weighted by atomic mass is 10.00. The van der Waals surface area contributed by atoms with Crippen LogP contribution in [0.2, 0.25) is 0 Å². The zero-order valence-corrected chi connectivity index (χ0v) is 15.9. The van der Waals surface area contributed by atoms with Gasteiger partial charge in [-0.3, -0.25) is 4.79 Å². The Morgan fingerprint density at radius 2 is 1.52 bits per heavy atom.